The molecule has 2 rings (SSSR count). The van der Waals surface area contributed by atoms with Crippen molar-refractivity contribution in [2.75, 3.05) is 5.32 Å². The number of fused-ring (bicyclic) bond motifs is 1. The Hall–Kier alpha value is -1.81. The highest BCUT2D eigenvalue weighted by Crippen LogP contribution is 2.28. The van der Waals surface area contributed by atoms with E-state index >= 15 is 0 Å². The maximum absolute atomic E-state index is 10.6. The number of nitrogens with one attached hydrogen (secondary N) is 1. The molecule has 0 unspecified atom stereocenters. The second-order valence-corrected chi connectivity index (χ2v) is 4.54. The maximum Gasteiger partial charge on any atom is 0.305 e. The van der Waals surface area contributed by atoms with Crippen LogP contribution in [0.3, 0.4) is 0 Å². The molecule has 1 heterocycles. The lowest BCUT2D eigenvalue weighted by Crippen LogP contribution is -2.19. The first-order chi connectivity index (χ1) is 8.58. The van der Waals surface area contributed by atoms with Gasteiger partial charge in [-0.15, -0.1) is 0 Å². The van der Waals surface area contributed by atoms with Gasteiger partial charge in [0.25, 0.3) is 0 Å². The van der Waals surface area contributed by atoms with Crippen LogP contribution in [0, 0.1) is 0 Å². The van der Waals surface area contributed by atoms with Crippen molar-refractivity contribution in [1.82, 2.24) is 4.98 Å². The number of carboxylic acids is 1. The van der Waals surface area contributed by atoms with Gasteiger partial charge in [0, 0.05) is 17.6 Å². The summed E-state index contributed by atoms with van der Waals surface area (Å²) < 4.78 is 0. The fourth-order valence-electron chi connectivity index (χ4n) is 1.83. The molecular formula is C13H13ClN2O2. The third-order valence-corrected chi connectivity index (χ3v) is 2.93. The summed E-state index contributed by atoms with van der Waals surface area (Å²) in [5.74, 6) is -0.832. The standard InChI is InChI=1S/C13H13ClN2O2/c1-8(7-12(17)18)16-11-5-4-10(14)9-3-2-6-15-13(9)11/h2-6,8,16H,7H2,1H3,(H,17,18)/t8-/m1/s1. The van der Waals surface area contributed by atoms with Gasteiger partial charge in [-0.2, -0.15) is 0 Å². The Balaban J connectivity index is 2.34. The van der Waals surface area contributed by atoms with E-state index in [1.165, 1.54) is 0 Å². The second-order valence-electron chi connectivity index (χ2n) is 4.14. The highest BCUT2D eigenvalue weighted by molar-refractivity contribution is 6.35. The van der Waals surface area contributed by atoms with E-state index in [9.17, 15) is 4.79 Å². The number of pyridine rings is 1. The molecule has 0 spiro atoms. The minimum absolute atomic E-state index is 0.0525. The summed E-state index contributed by atoms with van der Waals surface area (Å²) in [4.78, 5) is 14.9. The average Bonchev–Trinajstić information content (AvgIpc) is 2.32. The Morgan fingerprint density at radius 1 is 1.50 bits per heavy atom. The predicted octanol–water partition coefficient (Wildman–Crippen LogP) is 3.16. The molecule has 5 heteroatoms. The van der Waals surface area contributed by atoms with Crippen LogP contribution in [-0.4, -0.2) is 22.1 Å². The summed E-state index contributed by atoms with van der Waals surface area (Å²) in [6.07, 6.45) is 1.74. The van der Waals surface area contributed by atoms with Crippen molar-refractivity contribution >= 4 is 34.2 Å². The van der Waals surface area contributed by atoms with Crippen LogP contribution >= 0.6 is 11.6 Å². The number of aromatic nitrogens is 1. The lowest BCUT2D eigenvalue weighted by molar-refractivity contribution is -0.137. The van der Waals surface area contributed by atoms with Gasteiger partial charge in [0.1, 0.15) is 0 Å². The fourth-order valence-corrected chi connectivity index (χ4v) is 2.05. The van der Waals surface area contributed by atoms with E-state index in [2.05, 4.69) is 10.3 Å². The quantitative estimate of drug-likeness (QED) is 0.890. The molecule has 0 bridgehead atoms. The minimum Gasteiger partial charge on any atom is -0.481 e. The number of anilines is 1. The van der Waals surface area contributed by atoms with Gasteiger partial charge in [0.2, 0.25) is 0 Å². The van der Waals surface area contributed by atoms with Gasteiger partial charge in [0.05, 0.1) is 22.6 Å². The van der Waals surface area contributed by atoms with Gasteiger partial charge in [-0.1, -0.05) is 11.6 Å². The number of halogens is 1. The summed E-state index contributed by atoms with van der Waals surface area (Å²) in [5, 5.41) is 13.4. The second kappa shape index (κ2) is 5.23. The van der Waals surface area contributed by atoms with Crippen molar-refractivity contribution in [2.45, 2.75) is 19.4 Å². The van der Waals surface area contributed by atoms with E-state index in [0.717, 1.165) is 16.6 Å². The Kier molecular flexibility index (Phi) is 3.67. The van der Waals surface area contributed by atoms with E-state index in [1.54, 1.807) is 12.3 Å². The van der Waals surface area contributed by atoms with Crippen molar-refractivity contribution in [3.05, 3.63) is 35.5 Å². The molecule has 0 saturated heterocycles. The molecule has 1 atom stereocenters. The average molecular weight is 265 g/mol. The smallest absolute Gasteiger partial charge is 0.305 e. The number of hydrogen-bond donors (Lipinski definition) is 2. The van der Waals surface area contributed by atoms with E-state index < -0.39 is 5.97 Å². The molecule has 1 aromatic heterocycles. The highest BCUT2D eigenvalue weighted by Gasteiger charge is 2.10. The monoisotopic (exact) mass is 264 g/mol. The van der Waals surface area contributed by atoms with Crippen molar-refractivity contribution in [3.8, 4) is 0 Å². The molecule has 0 radical (unpaired) electrons. The molecule has 4 nitrogen and oxygen atoms in total. The zero-order chi connectivity index (χ0) is 13.1. The normalized spacial score (nSPS) is 12.3. The molecule has 0 saturated carbocycles. The Labute approximate surface area is 110 Å². The van der Waals surface area contributed by atoms with Gasteiger partial charge in [-0.05, 0) is 31.2 Å². The topological polar surface area (TPSA) is 62.2 Å². The van der Waals surface area contributed by atoms with Gasteiger partial charge in [0.15, 0.2) is 0 Å². The van der Waals surface area contributed by atoms with E-state index in [0.29, 0.717) is 5.02 Å². The third kappa shape index (κ3) is 2.71. The minimum atomic E-state index is -0.832. The van der Waals surface area contributed by atoms with Crippen molar-refractivity contribution < 1.29 is 9.90 Å². The molecule has 18 heavy (non-hydrogen) atoms. The molecule has 0 aliphatic rings. The molecule has 2 N–H and O–H groups in total. The molecule has 0 aliphatic heterocycles. The van der Waals surface area contributed by atoms with Gasteiger partial charge >= 0.3 is 5.97 Å². The van der Waals surface area contributed by atoms with Crippen LogP contribution in [0.4, 0.5) is 5.69 Å². The predicted molar refractivity (Wildman–Crippen MR) is 72.1 cm³/mol. The van der Waals surface area contributed by atoms with Crippen LogP contribution in [0.15, 0.2) is 30.5 Å². The Morgan fingerprint density at radius 3 is 3.00 bits per heavy atom. The summed E-state index contributed by atoms with van der Waals surface area (Å²) >= 11 is 6.09. The van der Waals surface area contributed by atoms with Crippen LogP contribution in [-0.2, 0) is 4.79 Å². The van der Waals surface area contributed by atoms with Crippen molar-refractivity contribution in [3.63, 3.8) is 0 Å². The van der Waals surface area contributed by atoms with Crippen LogP contribution in [0.25, 0.3) is 10.9 Å². The Morgan fingerprint density at radius 2 is 2.28 bits per heavy atom. The van der Waals surface area contributed by atoms with Gasteiger partial charge in [-0.3, -0.25) is 9.78 Å². The molecule has 0 fully saturated rings. The summed E-state index contributed by atoms with van der Waals surface area (Å²) in [6.45, 7) is 1.82. The zero-order valence-electron chi connectivity index (χ0n) is 9.85. The highest BCUT2D eigenvalue weighted by atomic mass is 35.5. The number of benzene rings is 1. The van der Waals surface area contributed by atoms with Crippen molar-refractivity contribution in [2.24, 2.45) is 0 Å². The molecule has 0 amide bonds. The summed E-state index contributed by atoms with van der Waals surface area (Å²) in [6, 6.07) is 7.13. The lowest BCUT2D eigenvalue weighted by Gasteiger charge is -2.15. The molecule has 2 aromatic rings. The molecular weight excluding hydrogens is 252 g/mol. The first-order valence-electron chi connectivity index (χ1n) is 5.59. The number of nitrogens with zero attached hydrogens (tertiary/aromatic N) is 1. The number of carboxylic acid groups (broad SMARTS) is 1. The van der Waals surface area contributed by atoms with Gasteiger partial charge in [-0.25, -0.2) is 0 Å². The van der Waals surface area contributed by atoms with E-state index in [-0.39, 0.29) is 12.5 Å². The van der Waals surface area contributed by atoms with Crippen molar-refractivity contribution in [1.29, 1.82) is 0 Å². The first kappa shape index (κ1) is 12.6. The number of aliphatic carboxylic acids is 1. The molecule has 0 aliphatic carbocycles. The van der Waals surface area contributed by atoms with Crippen LogP contribution in [0.2, 0.25) is 5.02 Å². The summed E-state index contributed by atoms with van der Waals surface area (Å²) in [7, 11) is 0. The fraction of sp³-hybridized carbons (Fsp3) is 0.231. The maximum atomic E-state index is 10.6. The Bertz CT molecular complexity index is 586. The van der Waals surface area contributed by atoms with E-state index in [4.69, 9.17) is 16.7 Å². The molecule has 1 aromatic carbocycles. The number of rotatable bonds is 4. The molecule has 94 valence electrons. The number of carbonyl (C=O) groups is 1. The van der Waals surface area contributed by atoms with Crippen LogP contribution in [0.1, 0.15) is 13.3 Å². The number of hydrogen-bond acceptors (Lipinski definition) is 3. The lowest BCUT2D eigenvalue weighted by atomic mass is 10.1. The SMILES string of the molecule is C[C@H](CC(=O)O)Nc1ccc(Cl)c2cccnc12. The van der Waals surface area contributed by atoms with Gasteiger partial charge < -0.3 is 10.4 Å². The van der Waals surface area contributed by atoms with E-state index in [1.807, 2.05) is 25.1 Å². The summed E-state index contributed by atoms with van der Waals surface area (Å²) in [5.41, 5.74) is 1.55. The zero-order valence-corrected chi connectivity index (χ0v) is 10.6. The van der Waals surface area contributed by atoms with Crippen LogP contribution in [0.5, 0.6) is 0 Å². The first-order valence-corrected chi connectivity index (χ1v) is 5.97. The third-order valence-electron chi connectivity index (χ3n) is 2.60. The largest absolute Gasteiger partial charge is 0.481 e. The van der Waals surface area contributed by atoms with Crippen LogP contribution < -0.4 is 5.32 Å².